The molecule has 0 aliphatic rings. The number of carbonyl (C=O) groups is 1. The van der Waals surface area contributed by atoms with Gasteiger partial charge in [0, 0.05) is 14.1 Å². The number of sulfone groups is 1. The molecule has 5 nitrogen and oxygen atoms in total. The highest BCUT2D eigenvalue weighted by Gasteiger charge is 2.25. The zero-order chi connectivity index (χ0) is 13.1. The van der Waals surface area contributed by atoms with E-state index in [1.54, 1.807) is 18.2 Å². The maximum atomic E-state index is 11.8. The lowest BCUT2D eigenvalue weighted by Gasteiger charge is -2.15. The van der Waals surface area contributed by atoms with Crippen molar-refractivity contribution < 1.29 is 18.3 Å². The van der Waals surface area contributed by atoms with Crippen LogP contribution in [0, 0.1) is 0 Å². The normalized spacial score (nSPS) is 13.1. The molecular weight excluding hydrogens is 242 g/mol. The molecule has 0 heterocycles. The zero-order valence-electron chi connectivity index (χ0n) is 9.70. The fraction of sp³-hybridized carbons (Fsp3) is 0.364. The minimum absolute atomic E-state index is 0.102. The summed E-state index contributed by atoms with van der Waals surface area (Å²) >= 11 is 0. The van der Waals surface area contributed by atoms with Gasteiger partial charge >= 0.3 is 0 Å². The smallest absolute Gasteiger partial charge is 0.251 e. The molecule has 0 spiro atoms. The molecule has 1 aromatic carbocycles. The third-order valence-electron chi connectivity index (χ3n) is 2.21. The first-order valence-corrected chi connectivity index (χ1v) is 6.67. The van der Waals surface area contributed by atoms with Crippen molar-refractivity contribution in [2.24, 2.45) is 0 Å². The van der Waals surface area contributed by atoms with Gasteiger partial charge < -0.3 is 10.0 Å². The third kappa shape index (κ3) is 3.54. The van der Waals surface area contributed by atoms with Crippen LogP contribution in [-0.2, 0) is 14.6 Å². The Bertz CT molecular complexity index is 481. The predicted octanol–water partition coefficient (Wildman–Crippen LogP) is -0.0906. The summed E-state index contributed by atoms with van der Waals surface area (Å²) in [5.41, 5.74) is 0. The molecule has 0 saturated heterocycles. The monoisotopic (exact) mass is 257 g/mol. The van der Waals surface area contributed by atoms with Crippen molar-refractivity contribution in [1.29, 1.82) is 0 Å². The first kappa shape index (κ1) is 13.7. The average molecular weight is 257 g/mol. The summed E-state index contributed by atoms with van der Waals surface area (Å²) in [6.07, 6.45) is -1.53. The van der Waals surface area contributed by atoms with E-state index in [0.717, 1.165) is 4.90 Å². The van der Waals surface area contributed by atoms with E-state index in [9.17, 15) is 18.3 Å². The molecule has 1 unspecified atom stereocenters. The maximum absolute atomic E-state index is 11.8. The Morgan fingerprint density at radius 2 is 1.82 bits per heavy atom. The van der Waals surface area contributed by atoms with E-state index < -0.39 is 27.6 Å². The van der Waals surface area contributed by atoms with Gasteiger partial charge in [-0.15, -0.1) is 0 Å². The number of rotatable bonds is 4. The Labute approximate surface area is 101 Å². The van der Waals surface area contributed by atoms with Gasteiger partial charge in [0.25, 0.3) is 5.91 Å². The van der Waals surface area contributed by atoms with Gasteiger partial charge in [0.2, 0.25) is 0 Å². The Hall–Kier alpha value is -1.40. The van der Waals surface area contributed by atoms with Gasteiger partial charge in [0.1, 0.15) is 6.10 Å². The van der Waals surface area contributed by atoms with E-state index in [2.05, 4.69) is 0 Å². The molecule has 6 heteroatoms. The predicted molar refractivity (Wildman–Crippen MR) is 63.2 cm³/mol. The number of aliphatic hydroxyl groups excluding tert-OH is 1. The molecular formula is C11H15NO4S. The maximum Gasteiger partial charge on any atom is 0.251 e. The van der Waals surface area contributed by atoms with Gasteiger partial charge in [-0.3, -0.25) is 4.79 Å². The van der Waals surface area contributed by atoms with Crippen molar-refractivity contribution in [2.75, 3.05) is 19.8 Å². The lowest BCUT2D eigenvalue weighted by molar-refractivity contribution is -0.136. The largest absolute Gasteiger partial charge is 0.382 e. The number of aliphatic hydroxyl groups is 1. The van der Waals surface area contributed by atoms with Crippen molar-refractivity contribution in [3.8, 4) is 0 Å². The summed E-state index contributed by atoms with van der Waals surface area (Å²) in [7, 11) is -0.718. The van der Waals surface area contributed by atoms with E-state index in [0.29, 0.717) is 0 Å². The van der Waals surface area contributed by atoms with Crippen LogP contribution in [0.2, 0.25) is 0 Å². The summed E-state index contributed by atoms with van der Waals surface area (Å²) in [4.78, 5) is 12.6. The van der Waals surface area contributed by atoms with Crippen LogP contribution in [0.15, 0.2) is 35.2 Å². The van der Waals surface area contributed by atoms with Crippen LogP contribution in [0.4, 0.5) is 0 Å². The lowest BCUT2D eigenvalue weighted by atomic mass is 10.4. The van der Waals surface area contributed by atoms with Crippen molar-refractivity contribution in [3.63, 3.8) is 0 Å². The van der Waals surface area contributed by atoms with E-state index in [1.807, 2.05) is 0 Å². The van der Waals surface area contributed by atoms with Crippen LogP contribution in [0.1, 0.15) is 0 Å². The van der Waals surface area contributed by atoms with E-state index in [4.69, 9.17) is 0 Å². The van der Waals surface area contributed by atoms with E-state index in [-0.39, 0.29) is 4.90 Å². The SMILES string of the molecule is CN(C)C(=O)C(O)CS(=O)(=O)c1ccccc1. The topological polar surface area (TPSA) is 74.7 Å². The summed E-state index contributed by atoms with van der Waals surface area (Å²) < 4.78 is 23.7. The first-order valence-electron chi connectivity index (χ1n) is 5.01. The molecule has 1 atom stereocenters. The molecule has 0 bridgehead atoms. The fourth-order valence-electron chi connectivity index (χ4n) is 1.30. The number of carbonyl (C=O) groups excluding carboxylic acids is 1. The average Bonchev–Trinajstić information content (AvgIpc) is 2.28. The lowest BCUT2D eigenvalue weighted by Crippen LogP contribution is -2.38. The highest BCUT2D eigenvalue weighted by molar-refractivity contribution is 7.91. The van der Waals surface area contributed by atoms with Crippen molar-refractivity contribution in [1.82, 2.24) is 4.90 Å². The van der Waals surface area contributed by atoms with Gasteiger partial charge in [-0.1, -0.05) is 18.2 Å². The Morgan fingerprint density at radius 1 is 1.29 bits per heavy atom. The first-order chi connectivity index (χ1) is 7.84. The van der Waals surface area contributed by atoms with Crippen LogP contribution in [0.5, 0.6) is 0 Å². The molecule has 0 saturated carbocycles. The van der Waals surface area contributed by atoms with Gasteiger partial charge in [-0.2, -0.15) is 0 Å². The molecule has 0 aliphatic carbocycles. The molecule has 0 aromatic heterocycles. The second-order valence-corrected chi connectivity index (χ2v) is 5.88. The molecule has 94 valence electrons. The van der Waals surface area contributed by atoms with Crippen molar-refractivity contribution in [3.05, 3.63) is 30.3 Å². The number of likely N-dealkylation sites (N-methyl/N-ethyl adjacent to an activating group) is 1. The van der Waals surface area contributed by atoms with Gasteiger partial charge in [-0.25, -0.2) is 8.42 Å². The number of nitrogens with zero attached hydrogens (tertiary/aromatic N) is 1. The summed E-state index contributed by atoms with van der Waals surface area (Å²) in [6, 6.07) is 7.74. The number of benzene rings is 1. The molecule has 1 amide bonds. The Morgan fingerprint density at radius 3 is 2.29 bits per heavy atom. The van der Waals surface area contributed by atoms with Gasteiger partial charge in [0.05, 0.1) is 10.6 Å². The summed E-state index contributed by atoms with van der Waals surface area (Å²) in [6.45, 7) is 0. The fourth-order valence-corrected chi connectivity index (χ4v) is 2.62. The molecule has 17 heavy (non-hydrogen) atoms. The summed E-state index contributed by atoms with van der Waals surface area (Å²) in [5.74, 6) is -1.22. The molecule has 1 aromatic rings. The van der Waals surface area contributed by atoms with E-state index in [1.165, 1.54) is 26.2 Å². The second kappa shape index (κ2) is 5.29. The minimum atomic E-state index is -3.64. The highest BCUT2D eigenvalue weighted by Crippen LogP contribution is 2.11. The highest BCUT2D eigenvalue weighted by atomic mass is 32.2. The number of hydrogen-bond donors (Lipinski definition) is 1. The molecule has 0 radical (unpaired) electrons. The van der Waals surface area contributed by atoms with Crippen LogP contribution >= 0.6 is 0 Å². The van der Waals surface area contributed by atoms with Crippen molar-refractivity contribution >= 4 is 15.7 Å². The van der Waals surface area contributed by atoms with Gasteiger partial charge in [-0.05, 0) is 12.1 Å². The van der Waals surface area contributed by atoms with Crippen LogP contribution in [0.25, 0.3) is 0 Å². The number of amides is 1. The molecule has 1 N–H and O–H groups in total. The Kier molecular flexibility index (Phi) is 4.25. The van der Waals surface area contributed by atoms with Gasteiger partial charge in [0.15, 0.2) is 9.84 Å². The minimum Gasteiger partial charge on any atom is -0.382 e. The third-order valence-corrected chi connectivity index (χ3v) is 3.95. The van der Waals surface area contributed by atoms with Crippen molar-refractivity contribution in [2.45, 2.75) is 11.0 Å². The van der Waals surface area contributed by atoms with E-state index >= 15 is 0 Å². The summed E-state index contributed by atoms with van der Waals surface area (Å²) in [5, 5.41) is 9.51. The van der Waals surface area contributed by atoms with Crippen LogP contribution in [0.3, 0.4) is 0 Å². The van der Waals surface area contributed by atoms with Crippen LogP contribution in [-0.4, -0.2) is 50.3 Å². The second-order valence-electron chi connectivity index (χ2n) is 3.84. The molecule has 0 fully saturated rings. The molecule has 1 rings (SSSR count). The van der Waals surface area contributed by atoms with Crippen LogP contribution < -0.4 is 0 Å². The molecule has 0 aliphatic heterocycles. The zero-order valence-corrected chi connectivity index (χ0v) is 10.5. The number of hydrogen-bond acceptors (Lipinski definition) is 4. The standard InChI is InChI=1S/C11H15NO4S/c1-12(2)11(14)10(13)8-17(15,16)9-6-4-3-5-7-9/h3-7,10,13H,8H2,1-2H3. The Balaban J connectivity index is 2.85. The quantitative estimate of drug-likeness (QED) is 0.818.